The van der Waals surface area contributed by atoms with E-state index in [2.05, 4.69) is 216 Å². The molecule has 0 atom stereocenters. The van der Waals surface area contributed by atoms with Crippen LogP contribution in [0.2, 0.25) is 0 Å². The Bertz CT molecular complexity index is 3190. The fraction of sp³-hybridized carbons (Fsp3) is 0. The van der Waals surface area contributed by atoms with Crippen LogP contribution in [0.5, 0.6) is 0 Å². The first-order valence-corrected chi connectivity index (χ1v) is 19.4. The lowest BCUT2D eigenvalue weighted by Crippen LogP contribution is -2.10. The molecule has 0 saturated heterocycles. The third-order valence-electron chi connectivity index (χ3n) is 11.2. The van der Waals surface area contributed by atoms with Crippen molar-refractivity contribution in [1.82, 2.24) is 4.57 Å². The van der Waals surface area contributed by atoms with Crippen LogP contribution in [0, 0.1) is 0 Å². The molecule has 9 aromatic carbocycles. The summed E-state index contributed by atoms with van der Waals surface area (Å²) < 4.78 is 8.79. The lowest BCUT2D eigenvalue weighted by atomic mass is 9.97. The minimum absolute atomic E-state index is 0.868. The van der Waals surface area contributed by atoms with Gasteiger partial charge in [0.1, 0.15) is 11.2 Å². The molecule has 11 rings (SSSR count). The summed E-state index contributed by atoms with van der Waals surface area (Å²) in [6.45, 7) is 0. The fourth-order valence-corrected chi connectivity index (χ4v) is 8.52. The first-order chi connectivity index (χ1) is 28.3. The smallest absolute Gasteiger partial charge is 0.137 e. The molecule has 0 amide bonds. The van der Waals surface area contributed by atoms with Crippen LogP contribution >= 0.6 is 0 Å². The highest BCUT2D eigenvalue weighted by molar-refractivity contribution is 6.10. The zero-order chi connectivity index (χ0) is 37.7. The second kappa shape index (κ2) is 13.6. The third kappa shape index (κ3) is 5.68. The van der Waals surface area contributed by atoms with Gasteiger partial charge in [-0.3, -0.25) is 0 Å². The van der Waals surface area contributed by atoms with Gasteiger partial charge in [-0.1, -0.05) is 146 Å². The van der Waals surface area contributed by atoms with E-state index in [1.54, 1.807) is 0 Å². The number of benzene rings is 9. The van der Waals surface area contributed by atoms with Gasteiger partial charge in [-0.2, -0.15) is 0 Å². The Morgan fingerprint density at radius 3 is 1.65 bits per heavy atom. The van der Waals surface area contributed by atoms with E-state index in [0.717, 1.165) is 61.4 Å². The van der Waals surface area contributed by atoms with Gasteiger partial charge in [0.15, 0.2) is 0 Å². The molecular weight excluding hydrogens is 693 g/mol. The van der Waals surface area contributed by atoms with Crippen LogP contribution in [0.25, 0.3) is 82.8 Å². The predicted molar refractivity (Wildman–Crippen MR) is 239 cm³/mol. The van der Waals surface area contributed by atoms with Gasteiger partial charge in [-0.25, -0.2) is 0 Å². The van der Waals surface area contributed by atoms with Crippen molar-refractivity contribution in [1.29, 1.82) is 0 Å². The van der Waals surface area contributed by atoms with Gasteiger partial charge in [0, 0.05) is 50.2 Å². The number of hydrogen-bond acceptors (Lipinski definition) is 2. The summed E-state index contributed by atoms with van der Waals surface area (Å²) in [5.74, 6) is 0. The van der Waals surface area contributed by atoms with Crippen LogP contribution in [0.3, 0.4) is 0 Å². The van der Waals surface area contributed by atoms with E-state index < -0.39 is 0 Å². The summed E-state index contributed by atoms with van der Waals surface area (Å²) >= 11 is 0. The fourth-order valence-electron chi connectivity index (χ4n) is 8.52. The zero-order valence-electron chi connectivity index (χ0n) is 31.1. The molecule has 0 aliphatic carbocycles. The quantitative estimate of drug-likeness (QED) is 0.163. The average molecular weight is 729 g/mol. The molecule has 0 radical (unpaired) electrons. The first kappa shape index (κ1) is 32.8. The van der Waals surface area contributed by atoms with E-state index >= 15 is 0 Å². The Kier molecular flexibility index (Phi) is 7.82. The molecule has 0 unspecified atom stereocenters. The molecule has 11 aromatic rings. The van der Waals surface area contributed by atoms with E-state index in [9.17, 15) is 0 Å². The van der Waals surface area contributed by atoms with Crippen molar-refractivity contribution in [2.45, 2.75) is 0 Å². The highest BCUT2D eigenvalue weighted by Gasteiger charge is 2.18. The number of furan rings is 1. The summed E-state index contributed by atoms with van der Waals surface area (Å²) in [6, 6.07) is 78.1. The van der Waals surface area contributed by atoms with E-state index in [0.29, 0.717) is 0 Å². The van der Waals surface area contributed by atoms with Gasteiger partial charge < -0.3 is 13.9 Å². The van der Waals surface area contributed by atoms with Crippen LogP contribution in [0.1, 0.15) is 0 Å². The molecule has 3 heteroatoms. The van der Waals surface area contributed by atoms with Crippen LogP contribution in [0.4, 0.5) is 17.1 Å². The third-order valence-corrected chi connectivity index (χ3v) is 11.2. The number of aromatic nitrogens is 1. The van der Waals surface area contributed by atoms with Crippen molar-refractivity contribution >= 4 is 60.8 Å². The summed E-state index contributed by atoms with van der Waals surface area (Å²) in [5.41, 5.74) is 15.5. The minimum Gasteiger partial charge on any atom is -0.456 e. The normalized spacial score (nSPS) is 11.5. The second-order valence-electron chi connectivity index (χ2n) is 14.5. The maximum Gasteiger partial charge on any atom is 0.137 e. The van der Waals surface area contributed by atoms with Gasteiger partial charge in [0.05, 0.1) is 16.7 Å². The Morgan fingerprint density at radius 2 is 0.860 bits per heavy atom. The van der Waals surface area contributed by atoms with Crippen LogP contribution in [-0.4, -0.2) is 4.57 Å². The van der Waals surface area contributed by atoms with E-state index in [-0.39, 0.29) is 0 Å². The molecule has 0 fully saturated rings. The number of anilines is 3. The van der Waals surface area contributed by atoms with Gasteiger partial charge in [-0.05, 0) is 94.5 Å². The maximum atomic E-state index is 6.38. The summed E-state index contributed by atoms with van der Waals surface area (Å²) in [6.07, 6.45) is 0. The molecule has 268 valence electrons. The number of rotatable bonds is 7. The van der Waals surface area contributed by atoms with E-state index in [4.69, 9.17) is 4.42 Å². The van der Waals surface area contributed by atoms with Crippen molar-refractivity contribution in [3.05, 3.63) is 218 Å². The SMILES string of the molecule is c1ccc(-c2cccc(N(c3ccc(-c4cccc(-c5ccccc5-n5c6ccccc6c6ccccc65)c4)cc3)c3ccc4c(c3)oc3ccccc34)c2)cc1. The molecule has 2 heterocycles. The molecule has 57 heavy (non-hydrogen) atoms. The molecular formula is C54H36N2O. The molecule has 0 aliphatic heterocycles. The van der Waals surface area contributed by atoms with Crippen LogP contribution in [0.15, 0.2) is 223 Å². The van der Waals surface area contributed by atoms with E-state index in [1.165, 1.54) is 38.5 Å². The Balaban J connectivity index is 0.998. The Hall–Kier alpha value is -7.62. The molecule has 2 aromatic heterocycles. The van der Waals surface area contributed by atoms with Gasteiger partial charge in [0.2, 0.25) is 0 Å². The highest BCUT2D eigenvalue weighted by Crippen LogP contribution is 2.41. The number of hydrogen-bond donors (Lipinski definition) is 0. The summed E-state index contributed by atoms with van der Waals surface area (Å²) in [7, 11) is 0. The molecule has 0 spiro atoms. The summed E-state index contributed by atoms with van der Waals surface area (Å²) in [5, 5.41) is 4.76. The maximum absolute atomic E-state index is 6.38. The minimum atomic E-state index is 0.868. The Labute approximate surface area is 330 Å². The second-order valence-corrected chi connectivity index (χ2v) is 14.5. The first-order valence-electron chi connectivity index (χ1n) is 19.4. The lowest BCUT2D eigenvalue weighted by Gasteiger charge is -2.26. The number of nitrogens with zero attached hydrogens (tertiary/aromatic N) is 2. The standard InChI is InChI=1S/C54H36N2O/c1-2-14-37(15-3-1)40-17-13-19-43(35-40)55(44-32-33-49-48-23-7-11-27-53(48)57-54(49)36-44)42-30-28-38(29-31-42)39-16-12-18-41(34-39)45-20-4-8-24-50(45)56-51-25-9-5-21-46(51)47-22-6-10-26-52(47)56/h1-36H. The lowest BCUT2D eigenvalue weighted by molar-refractivity contribution is 0.669. The molecule has 0 bridgehead atoms. The van der Waals surface area contributed by atoms with Crippen LogP contribution in [-0.2, 0) is 0 Å². The number of para-hydroxylation sites is 4. The van der Waals surface area contributed by atoms with Crippen molar-refractivity contribution in [2.75, 3.05) is 4.90 Å². The van der Waals surface area contributed by atoms with Crippen LogP contribution < -0.4 is 4.90 Å². The number of fused-ring (bicyclic) bond motifs is 6. The monoisotopic (exact) mass is 728 g/mol. The molecule has 0 saturated carbocycles. The molecule has 3 nitrogen and oxygen atoms in total. The topological polar surface area (TPSA) is 21.3 Å². The van der Waals surface area contributed by atoms with E-state index in [1.807, 2.05) is 12.1 Å². The van der Waals surface area contributed by atoms with Crippen molar-refractivity contribution in [2.24, 2.45) is 0 Å². The van der Waals surface area contributed by atoms with Gasteiger partial charge >= 0.3 is 0 Å². The van der Waals surface area contributed by atoms with Gasteiger partial charge in [0.25, 0.3) is 0 Å². The summed E-state index contributed by atoms with van der Waals surface area (Å²) in [4.78, 5) is 2.32. The van der Waals surface area contributed by atoms with Crippen molar-refractivity contribution in [3.63, 3.8) is 0 Å². The molecule has 0 aliphatic rings. The zero-order valence-corrected chi connectivity index (χ0v) is 31.1. The average Bonchev–Trinajstić information content (AvgIpc) is 3.83. The Morgan fingerprint density at radius 1 is 0.316 bits per heavy atom. The largest absolute Gasteiger partial charge is 0.456 e. The van der Waals surface area contributed by atoms with Gasteiger partial charge in [-0.15, -0.1) is 0 Å². The highest BCUT2D eigenvalue weighted by atomic mass is 16.3. The molecule has 0 N–H and O–H groups in total. The predicted octanol–water partition coefficient (Wildman–Crippen LogP) is 15.2. The van der Waals surface area contributed by atoms with Crippen molar-refractivity contribution in [3.8, 4) is 39.1 Å². The van der Waals surface area contributed by atoms with Crippen molar-refractivity contribution < 1.29 is 4.42 Å².